The number of aliphatic hydroxyl groups is 2. The molecule has 414 valence electrons. The van der Waals surface area contributed by atoms with E-state index in [4.69, 9.17) is 4.74 Å². The third-order valence-corrected chi connectivity index (χ3v) is 14.8. The van der Waals surface area contributed by atoms with Gasteiger partial charge >= 0.3 is 5.97 Å². The molecular formula is C64H123NO5. The Labute approximate surface area is 437 Å². The Balaban J connectivity index is 3.44. The Hall–Kier alpha value is -1.66. The minimum atomic E-state index is -0.678. The van der Waals surface area contributed by atoms with Crippen LogP contribution in [0, 0.1) is 0 Å². The van der Waals surface area contributed by atoms with Crippen LogP contribution in [0.15, 0.2) is 24.3 Å². The number of nitrogens with one attached hydrogen (secondary N) is 1. The first kappa shape index (κ1) is 68.3. The second-order valence-electron chi connectivity index (χ2n) is 21.7. The van der Waals surface area contributed by atoms with Crippen LogP contribution in [0.25, 0.3) is 0 Å². The summed E-state index contributed by atoms with van der Waals surface area (Å²) in [7, 11) is 0. The number of hydrogen-bond donors (Lipinski definition) is 3. The molecule has 2 atom stereocenters. The second kappa shape index (κ2) is 59.9. The van der Waals surface area contributed by atoms with Gasteiger partial charge in [0.2, 0.25) is 5.91 Å². The highest BCUT2D eigenvalue weighted by molar-refractivity contribution is 5.76. The van der Waals surface area contributed by atoms with Gasteiger partial charge in [0.15, 0.2) is 0 Å². The summed E-state index contributed by atoms with van der Waals surface area (Å²) in [5.74, 6) is -0.0664. The van der Waals surface area contributed by atoms with E-state index in [1.54, 1.807) is 0 Å². The molecule has 6 heteroatoms. The Morgan fingerprint density at radius 1 is 0.400 bits per heavy atom. The number of carbonyl (C=O) groups excluding carboxylic acids is 2. The van der Waals surface area contributed by atoms with Gasteiger partial charge in [-0.15, -0.1) is 0 Å². The lowest BCUT2D eigenvalue weighted by atomic mass is 10.0. The third kappa shape index (κ3) is 55.7. The number of aliphatic hydroxyl groups excluding tert-OH is 2. The van der Waals surface area contributed by atoms with Gasteiger partial charge in [-0.05, 0) is 57.8 Å². The molecule has 6 nitrogen and oxygen atoms in total. The van der Waals surface area contributed by atoms with E-state index < -0.39 is 12.1 Å². The first-order chi connectivity index (χ1) is 34.5. The Kier molecular flexibility index (Phi) is 58.5. The Morgan fingerprint density at radius 3 is 1.11 bits per heavy atom. The molecule has 0 aromatic carbocycles. The van der Waals surface area contributed by atoms with Gasteiger partial charge in [-0.2, -0.15) is 0 Å². The molecule has 0 aromatic heterocycles. The smallest absolute Gasteiger partial charge is 0.305 e. The standard InChI is InChI=1S/C64H123NO5/c1-3-5-7-9-11-13-15-17-19-21-23-24-25-26-28-29-31-33-36-40-44-48-52-56-62(67)61(60-66)65-63(68)57-53-49-45-41-37-35-39-43-47-51-55-59-70-64(69)58-54-50-46-42-38-34-32-30-27-22-20-18-16-14-12-10-8-6-4-2/h12,14,18,20,61-62,66-67H,3-11,13,15-17,19,21-60H2,1-2H3,(H,65,68)/b14-12-,20-18-. The van der Waals surface area contributed by atoms with Crippen LogP contribution in [0.4, 0.5) is 0 Å². The molecule has 0 aliphatic rings. The quantitative estimate of drug-likeness (QED) is 0.0321. The predicted molar refractivity (Wildman–Crippen MR) is 306 cm³/mol. The summed E-state index contributed by atoms with van der Waals surface area (Å²) >= 11 is 0. The SMILES string of the molecule is CCCCC/C=C\C/C=C\CCCCCCCCCCCC(=O)OCCCCCCCCCCCCCC(=O)NC(CO)C(O)CCCCCCCCCCCCCCCCCCCCCCCCC. The molecule has 0 rings (SSSR count). The van der Waals surface area contributed by atoms with Crippen LogP contribution in [-0.4, -0.2) is 47.4 Å². The summed E-state index contributed by atoms with van der Waals surface area (Å²) < 4.78 is 5.48. The van der Waals surface area contributed by atoms with E-state index in [2.05, 4.69) is 43.5 Å². The molecular weight excluding hydrogens is 863 g/mol. The van der Waals surface area contributed by atoms with Crippen molar-refractivity contribution in [3.05, 3.63) is 24.3 Å². The molecule has 0 aliphatic carbocycles. The van der Waals surface area contributed by atoms with Gasteiger partial charge in [-0.25, -0.2) is 0 Å². The van der Waals surface area contributed by atoms with Gasteiger partial charge < -0.3 is 20.3 Å². The summed E-state index contributed by atoms with van der Waals surface area (Å²) in [6.07, 6.45) is 73.2. The number of rotatable bonds is 59. The van der Waals surface area contributed by atoms with Gasteiger partial charge in [0.05, 0.1) is 25.4 Å². The molecule has 0 radical (unpaired) electrons. The fourth-order valence-electron chi connectivity index (χ4n) is 9.91. The maximum atomic E-state index is 12.5. The van der Waals surface area contributed by atoms with Gasteiger partial charge in [0.1, 0.15) is 0 Å². The summed E-state index contributed by atoms with van der Waals surface area (Å²) in [5.41, 5.74) is 0. The van der Waals surface area contributed by atoms with E-state index in [1.165, 1.54) is 250 Å². The number of hydrogen-bond acceptors (Lipinski definition) is 5. The van der Waals surface area contributed by atoms with E-state index in [9.17, 15) is 19.8 Å². The van der Waals surface area contributed by atoms with Crippen LogP contribution in [0.1, 0.15) is 348 Å². The minimum Gasteiger partial charge on any atom is -0.466 e. The summed E-state index contributed by atoms with van der Waals surface area (Å²) in [6, 6.07) is -0.557. The summed E-state index contributed by atoms with van der Waals surface area (Å²) in [5, 5.41) is 23.4. The van der Waals surface area contributed by atoms with Crippen molar-refractivity contribution in [2.75, 3.05) is 13.2 Å². The first-order valence-corrected chi connectivity index (χ1v) is 31.6. The van der Waals surface area contributed by atoms with Crippen molar-refractivity contribution in [2.45, 2.75) is 360 Å². The molecule has 1 amide bonds. The van der Waals surface area contributed by atoms with Crippen LogP contribution >= 0.6 is 0 Å². The van der Waals surface area contributed by atoms with Crippen LogP contribution < -0.4 is 5.32 Å². The average Bonchev–Trinajstić information content (AvgIpc) is 3.36. The monoisotopic (exact) mass is 986 g/mol. The number of ether oxygens (including phenoxy) is 1. The van der Waals surface area contributed by atoms with E-state index in [0.29, 0.717) is 25.9 Å². The van der Waals surface area contributed by atoms with Crippen molar-refractivity contribution in [2.24, 2.45) is 0 Å². The van der Waals surface area contributed by atoms with E-state index in [1.807, 2.05) is 0 Å². The molecule has 0 aliphatic heterocycles. The third-order valence-electron chi connectivity index (χ3n) is 14.8. The van der Waals surface area contributed by atoms with Gasteiger partial charge in [-0.3, -0.25) is 9.59 Å². The zero-order valence-corrected chi connectivity index (χ0v) is 47.3. The van der Waals surface area contributed by atoms with Crippen LogP contribution in [0.3, 0.4) is 0 Å². The zero-order valence-electron chi connectivity index (χ0n) is 47.3. The van der Waals surface area contributed by atoms with Crippen LogP contribution in [0.2, 0.25) is 0 Å². The molecule has 0 heterocycles. The molecule has 70 heavy (non-hydrogen) atoms. The second-order valence-corrected chi connectivity index (χ2v) is 21.7. The number of unbranched alkanes of at least 4 members (excludes halogenated alkanes) is 44. The van der Waals surface area contributed by atoms with Crippen molar-refractivity contribution in [1.29, 1.82) is 0 Å². The molecule has 0 saturated heterocycles. The highest BCUT2D eigenvalue weighted by atomic mass is 16.5. The van der Waals surface area contributed by atoms with Crippen molar-refractivity contribution >= 4 is 11.9 Å². The molecule has 0 saturated carbocycles. The van der Waals surface area contributed by atoms with Crippen LogP contribution in [-0.2, 0) is 14.3 Å². The largest absolute Gasteiger partial charge is 0.466 e. The lowest BCUT2D eigenvalue weighted by Gasteiger charge is -2.22. The van der Waals surface area contributed by atoms with E-state index >= 15 is 0 Å². The van der Waals surface area contributed by atoms with Gasteiger partial charge in [-0.1, -0.05) is 301 Å². The lowest BCUT2D eigenvalue weighted by molar-refractivity contribution is -0.143. The number of carbonyl (C=O) groups is 2. The fourth-order valence-corrected chi connectivity index (χ4v) is 9.91. The Bertz CT molecular complexity index is 1090. The van der Waals surface area contributed by atoms with Crippen molar-refractivity contribution < 1.29 is 24.5 Å². The Morgan fingerprint density at radius 2 is 0.714 bits per heavy atom. The summed E-state index contributed by atoms with van der Waals surface area (Å²) in [6.45, 7) is 4.91. The fraction of sp³-hybridized carbons (Fsp3) is 0.906. The van der Waals surface area contributed by atoms with Crippen LogP contribution in [0.5, 0.6) is 0 Å². The van der Waals surface area contributed by atoms with E-state index in [-0.39, 0.29) is 18.5 Å². The van der Waals surface area contributed by atoms with Crippen molar-refractivity contribution in [3.8, 4) is 0 Å². The normalized spacial score (nSPS) is 12.7. The van der Waals surface area contributed by atoms with E-state index in [0.717, 1.165) is 64.2 Å². The molecule has 0 bridgehead atoms. The predicted octanol–water partition coefficient (Wildman–Crippen LogP) is 19.8. The number of allylic oxidation sites excluding steroid dienone is 4. The van der Waals surface area contributed by atoms with Crippen molar-refractivity contribution in [3.63, 3.8) is 0 Å². The highest BCUT2D eigenvalue weighted by Gasteiger charge is 2.20. The zero-order chi connectivity index (χ0) is 50.7. The first-order valence-electron chi connectivity index (χ1n) is 31.6. The molecule has 0 aromatic rings. The van der Waals surface area contributed by atoms with Crippen molar-refractivity contribution in [1.82, 2.24) is 5.32 Å². The lowest BCUT2D eigenvalue weighted by Crippen LogP contribution is -2.45. The molecule has 0 fully saturated rings. The maximum Gasteiger partial charge on any atom is 0.305 e. The molecule has 0 spiro atoms. The number of amides is 1. The average molecular weight is 987 g/mol. The number of esters is 1. The highest BCUT2D eigenvalue weighted by Crippen LogP contribution is 2.18. The maximum absolute atomic E-state index is 12.5. The van der Waals surface area contributed by atoms with Gasteiger partial charge in [0.25, 0.3) is 0 Å². The van der Waals surface area contributed by atoms with Gasteiger partial charge in [0, 0.05) is 12.8 Å². The molecule has 2 unspecified atom stereocenters. The topological polar surface area (TPSA) is 95.9 Å². The molecule has 3 N–H and O–H groups in total. The minimum absolute atomic E-state index is 0.0161. The summed E-state index contributed by atoms with van der Waals surface area (Å²) in [4.78, 5) is 24.6.